The van der Waals surface area contributed by atoms with Crippen LogP contribution in [0.4, 0.5) is 5.82 Å². The number of rotatable bonds is 4. The maximum atomic E-state index is 12.5. The summed E-state index contributed by atoms with van der Waals surface area (Å²) in [5.41, 5.74) is 8.77. The number of H-pyrrole nitrogens is 1. The summed E-state index contributed by atoms with van der Waals surface area (Å²) < 4.78 is 1.70. The Hall–Kier alpha value is -3.87. The number of pyridine rings is 2. The minimum Gasteiger partial charge on any atom is -0.477 e. The molecule has 3 aromatic heterocycles. The minimum absolute atomic E-state index is 0.0627. The van der Waals surface area contributed by atoms with E-state index in [2.05, 4.69) is 9.97 Å². The number of aromatic carboxylic acids is 1. The number of nitrogens with two attached hydrogens (primary N) is 1. The van der Waals surface area contributed by atoms with Crippen LogP contribution in [0.1, 0.15) is 21.6 Å². The van der Waals surface area contributed by atoms with Crippen LogP contribution in [-0.2, 0) is 6.54 Å². The number of nitrogens with one attached hydrogen (secondary N) is 1. The van der Waals surface area contributed by atoms with E-state index in [-0.39, 0.29) is 11.3 Å². The Bertz CT molecular complexity index is 1270. The molecule has 0 bridgehead atoms. The number of hydrogen-bond donors (Lipinski definition) is 3. The lowest BCUT2D eigenvalue weighted by molar-refractivity contribution is 0.0687. The average Bonchev–Trinajstić information content (AvgIpc) is 2.95. The number of carboxylic acid groups (broad SMARTS) is 1. The van der Waals surface area contributed by atoms with Crippen LogP contribution in [0.15, 0.2) is 59.7 Å². The molecule has 0 saturated carbocycles. The van der Waals surface area contributed by atoms with Crippen molar-refractivity contribution < 1.29 is 9.90 Å². The molecule has 3 heterocycles. The zero-order valence-corrected chi connectivity index (χ0v) is 15.1. The molecule has 0 fully saturated rings. The van der Waals surface area contributed by atoms with Gasteiger partial charge in [0.2, 0.25) is 0 Å². The molecule has 0 unspecified atom stereocenters. The minimum atomic E-state index is -1.10. The number of anilines is 1. The highest BCUT2D eigenvalue weighted by Crippen LogP contribution is 2.34. The van der Waals surface area contributed by atoms with Crippen molar-refractivity contribution in [1.29, 1.82) is 0 Å². The van der Waals surface area contributed by atoms with Crippen molar-refractivity contribution in [3.63, 3.8) is 0 Å². The molecule has 0 radical (unpaired) electrons. The van der Waals surface area contributed by atoms with Crippen molar-refractivity contribution in [3.05, 3.63) is 82.0 Å². The maximum Gasteiger partial charge on any atom is 0.353 e. The molecule has 7 heteroatoms. The van der Waals surface area contributed by atoms with E-state index in [1.54, 1.807) is 35.0 Å². The molecule has 140 valence electrons. The largest absolute Gasteiger partial charge is 0.477 e. The second-order valence-electron chi connectivity index (χ2n) is 6.64. The zero-order chi connectivity index (χ0) is 19.8. The van der Waals surface area contributed by atoms with Gasteiger partial charge in [0.1, 0.15) is 11.5 Å². The Kier molecular flexibility index (Phi) is 4.19. The third kappa shape index (κ3) is 2.92. The summed E-state index contributed by atoms with van der Waals surface area (Å²) in [5, 5.41) is 10.8. The summed E-state index contributed by atoms with van der Waals surface area (Å²) in [6.45, 7) is 2.22. The lowest BCUT2D eigenvalue weighted by Gasteiger charge is -2.10. The van der Waals surface area contributed by atoms with E-state index in [0.717, 1.165) is 22.0 Å². The first-order chi connectivity index (χ1) is 13.5. The van der Waals surface area contributed by atoms with E-state index in [1.807, 2.05) is 25.1 Å². The Balaban J connectivity index is 2.07. The van der Waals surface area contributed by atoms with Crippen LogP contribution < -0.4 is 11.3 Å². The Labute approximate surface area is 160 Å². The van der Waals surface area contributed by atoms with Crippen LogP contribution in [0.2, 0.25) is 0 Å². The van der Waals surface area contributed by atoms with Crippen molar-refractivity contribution in [2.24, 2.45) is 0 Å². The molecule has 1 aromatic carbocycles. The van der Waals surface area contributed by atoms with Gasteiger partial charge in [-0.05, 0) is 48.9 Å². The summed E-state index contributed by atoms with van der Waals surface area (Å²) in [6.07, 6.45) is 3.11. The Morgan fingerprint density at radius 3 is 2.79 bits per heavy atom. The first kappa shape index (κ1) is 17.5. The summed E-state index contributed by atoms with van der Waals surface area (Å²) in [5.74, 6) is -0.740. The van der Waals surface area contributed by atoms with Crippen molar-refractivity contribution in [2.75, 3.05) is 5.73 Å². The lowest BCUT2D eigenvalue weighted by atomic mass is 10.0. The van der Waals surface area contributed by atoms with Gasteiger partial charge in [0.25, 0.3) is 5.56 Å². The fraction of sp³-hybridized carbons (Fsp3) is 0.0952. The number of nitrogen functional groups attached to an aromatic ring is 1. The molecular weight excluding hydrogens is 356 g/mol. The number of carboxylic acids is 1. The number of carbonyl (C=O) groups is 1. The molecule has 4 rings (SSSR count). The van der Waals surface area contributed by atoms with E-state index in [0.29, 0.717) is 23.5 Å². The summed E-state index contributed by atoms with van der Waals surface area (Å²) in [6, 6.07) is 12.5. The molecule has 28 heavy (non-hydrogen) atoms. The second kappa shape index (κ2) is 6.70. The molecule has 0 saturated heterocycles. The highest BCUT2D eigenvalue weighted by Gasteiger charge is 2.25. The van der Waals surface area contributed by atoms with Gasteiger partial charge >= 0.3 is 5.97 Å². The van der Waals surface area contributed by atoms with Crippen molar-refractivity contribution in [1.82, 2.24) is 14.5 Å². The number of nitrogens with zero attached hydrogens (tertiary/aromatic N) is 2. The van der Waals surface area contributed by atoms with Crippen molar-refractivity contribution in [2.45, 2.75) is 13.5 Å². The van der Waals surface area contributed by atoms with Crippen LogP contribution >= 0.6 is 0 Å². The number of aromatic nitrogens is 3. The zero-order valence-electron chi connectivity index (χ0n) is 15.1. The molecule has 7 nitrogen and oxygen atoms in total. The molecule has 4 aromatic rings. The van der Waals surface area contributed by atoms with Crippen molar-refractivity contribution in [3.8, 4) is 11.1 Å². The van der Waals surface area contributed by atoms with Gasteiger partial charge in [-0.25, -0.2) is 9.78 Å². The average molecular weight is 374 g/mol. The van der Waals surface area contributed by atoms with Crippen LogP contribution in [0.25, 0.3) is 22.0 Å². The third-order valence-electron chi connectivity index (χ3n) is 4.70. The molecule has 0 aliphatic heterocycles. The van der Waals surface area contributed by atoms with Crippen molar-refractivity contribution >= 4 is 22.7 Å². The molecule has 0 amide bonds. The summed E-state index contributed by atoms with van der Waals surface area (Å²) >= 11 is 0. The van der Waals surface area contributed by atoms with Crippen LogP contribution in [-0.4, -0.2) is 25.6 Å². The highest BCUT2D eigenvalue weighted by molar-refractivity contribution is 6.08. The van der Waals surface area contributed by atoms with Gasteiger partial charge in [0, 0.05) is 41.0 Å². The van der Waals surface area contributed by atoms with Gasteiger partial charge in [0.05, 0.1) is 0 Å². The Morgan fingerprint density at radius 2 is 2.07 bits per heavy atom. The number of aromatic amines is 1. The SMILES string of the molecule is Cc1ccc2c(c1)c(-c1ccc[nH]c1=O)c(C(=O)O)n2Cc1ccnc(N)c1. The lowest BCUT2D eigenvalue weighted by Crippen LogP contribution is -2.13. The van der Waals surface area contributed by atoms with E-state index in [4.69, 9.17) is 5.73 Å². The van der Waals surface area contributed by atoms with Gasteiger partial charge in [0.15, 0.2) is 0 Å². The first-order valence-electron chi connectivity index (χ1n) is 8.70. The fourth-order valence-corrected chi connectivity index (χ4v) is 3.52. The molecule has 0 atom stereocenters. The van der Waals surface area contributed by atoms with Gasteiger partial charge in [-0.1, -0.05) is 11.6 Å². The molecule has 0 spiro atoms. The molecule has 0 aliphatic rings. The maximum absolute atomic E-state index is 12.5. The molecular formula is C21H18N4O3. The van der Waals surface area contributed by atoms with E-state index >= 15 is 0 Å². The smallest absolute Gasteiger partial charge is 0.353 e. The monoisotopic (exact) mass is 374 g/mol. The predicted octanol–water partition coefficient (Wildman–Crippen LogP) is 3.03. The quantitative estimate of drug-likeness (QED) is 0.508. The van der Waals surface area contributed by atoms with Gasteiger partial charge in [-0.2, -0.15) is 0 Å². The normalized spacial score (nSPS) is 11.0. The van der Waals surface area contributed by atoms with Gasteiger partial charge < -0.3 is 20.4 Å². The predicted molar refractivity (Wildman–Crippen MR) is 107 cm³/mol. The van der Waals surface area contributed by atoms with E-state index < -0.39 is 5.97 Å². The topological polar surface area (TPSA) is 114 Å². The second-order valence-corrected chi connectivity index (χ2v) is 6.64. The number of fused-ring (bicyclic) bond motifs is 1. The van der Waals surface area contributed by atoms with Crippen LogP contribution in [0.5, 0.6) is 0 Å². The highest BCUT2D eigenvalue weighted by atomic mass is 16.4. The first-order valence-corrected chi connectivity index (χ1v) is 8.70. The van der Waals surface area contributed by atoms with Crippen LogP contribution in [0, 0.1) is 6.92 Å². The number of benzene rings is 1. The third-order valence-corrected chi connectivity index (χ3v) is 4.70. The van der Waals surface area contributed by atoms with E-state index in [9.17, 15) is 14.7 Å². The standard InChI is InChI=1S/C21H18N4O3/c1-12-4-5-16-15(9-12)18(14-3-2-7-24-20(14)26)19(21(27)28)25(16)11-13-6-8-23-17(22)10-13/h2-10H,11H2,1H3,(H2,22,23)(H,24,26)(H,27,28). The van der Waals surface area contributed by atoms with Gasteiger partial charge in [-0.15, -0.1) is 0 Å². The fourth-order valence-electron chi connectivity index (χ4n) is 3.52. The van der Waals surface area contributed by atoms with Crippen LogP contribution in [0.3, 0.4) is 0 Å². The summed E-state index contributed by atoms with van der Waals surface area (Å²) in [7, 11) is 0. The van der Waals surface area contributed by atoms with Gasteiger partial charge in [-0.3, -0.25) is 4.79 Å². The number of hydrogen-bond acceptors (Lipinski definition) is 4. The summed E-state index contributed by atoms with van der Waals surface area (Å²) in [4.78, 5) is 31.3. The molecule has 4 N–H and O–H groups in total. The number of aryl methyl sites for hydroxylation is 1. The molecule has 0 aliphatic carbocycles. The van der Waals surface area contributed by atoms with E-state index in [1.165, 1.54) is 6.20 Å². The Morgan fingerprint density at radius 1 is 1.25 bits per heavy atom.